The highest BCUT2D eigenvalue weighted by molar-refractivity contribution is 6.30. The summed E-state index contributed by atoms with van der Waals surface area (Å²) in [5.74, 6) is 1.08. The molecule has 1 N–H and O–H groups in total. The standard InChI is InChI=1S/C19H15ClN4O2/c1-24-16-10-12(2-7-17(16)26-11-18(24)25)15-8-9-21-19(23-15)22-14-5-3-13(20)4-6-14/h2-10H,11H2,1H3,(H,21,22,23). The van der Waals surface area contributed by atoms with Gasteiger partial charge in [-0.2, -0.15) is 0 Å². The topological polar surface area (TPSA) is 67.4 Å². The Labute approximate surface area is 155 Å². The largest absolute Gasteiger partial charge is 0.482 e. The summed E-state index contributed by atoms with van der Waals surface area (Å²) in [6.45, 7) is 0.0610. The van der Waals surface area contributed by atoms with E-state index in [-0.39, 0.29) is 12.5 Å². The van der Waals surface area contributed by atoms with Crippen molar-refractivity contribution in [2.75, 3.05) is 23.9 Å². The van der Waals surface area contributed by atoms with Gasteiger partial charge in [-0.15, -0.1) is 0 Å². The van der Waals surface area contributed by atoms with Gasteiger partial charge in [-0.1, -0.05) is 11.6 Å². The van der Waals surface area contributed by atoms with Crippen LogP contribution in [0, 0.1) is 0 Å². The van der Waals surface area contributed by atoms with Crippen molar-refractivity contribution in [2.24, 2.45) is 0 Å². The minimum Gasteiger partial charge on any atom is -0.482 e. The SMILES string of the molecule is CN1C(=O)COc2ccc(-c3ccnc(Nc4ccc(Cl)cc4)n3)cc21. The highest BCUT2D eigenvalue weighted by atomic mass is 35.5. The van der Waals surface area contributed by atoms with Crippen LogP contribution in [0.5, 0.6) is 5.75 Å². The lowest BCUT2D eigenvalue weighted by molar-refractivity contribution is -0.120. The second kappa shape index (κ2) is 6.65. The van der Waals surface area contributed by atoms with Gasteiger partial charge >= 0.3 is 0 Å². The van der Waals surface area contributed by atoms with Crippen LogP contribution < -0.4 is 15.0 Å². The second-order valence-electron chi connectivity index (χ2n) is 5.82. The van der Waals surface area contributed by atoms with Gasteiger partial charge in [-0.25, -0.2) is 9.97 Å². The molecule has 0 radical (unpaired) electrons. The van der Waals surface area contributed by atoms with Crippen molar-refractivity contribution in [1.82, 2.24) is 9.97 Å². The van der Waals surface area contributed by atoms with Crippen LogP contribution in [0.4, 0.5) is 17.3 Å². The highest BCUT2D eigenvalue weighted by Gasteiger charge is 2.22. The lowest BCUT2D eigenvalue weighted by Crippen LogP contribution is -2.35. The molecule has 3 aromatic rings. The van der Waals surface area contributed by atoms with Crippen molar-refractivity contribution in [3.63, 3.8) is 0 Å². The molecule has 0 saturated carbocycles. The molecule has 6 nitrogen and oxygen atoms in total. The number of carbonyl (C=O) groups is 1. The minimum atomic E-state index is -0.0811. The van der Waals surface area contributed by atoms with E-state index in [0.29, 0.717) is 16.7 Å². The van der Waals surface area contributed by atoms with E-state index < -0.39 is 0 Å². The fourth-order valence-electron chi connectivity index (χ4n) is 2.67. The van der Waals surface area contributed by atoms with Gasteiger partial charge in [0.15, 0.2) is 6.61 Å². The van der Waals surface area contributed by atoms with Gasteiger partial charge in [0, 0.05) is 29.5 Å². The predicted molar refractivity (Wildman–Crippen MR) is 101 cm³/mol. The smallest absolute Gasteiger partial charge is 0.264 e. The number of rotatable bonds is 3. The van der Waals surface area contributed by atoms with Crippen LogP contribution in [0.15, 0.2) is 54.7 Å². The Morgan fingerprint density at radius 1 is 1.15 bits per heavy atom. The van der Waals surface area contributed by atoms with Crippen molar-refractivity contribution >= 4 is 34.8 Å². The summed E-state index contributed by atoms with van der Waals surface area (Å²) in [5, 5.41) is 3.82. The van der Waals surface area contributed by atoms with Gasteiger partial charge in [-0.05, 0) is 48.5 Å². The molecule has 7 heteroatoms. The molecule has 0 bridgehead atoms. The number of benzene rings is 2. The van der Waals surface area contributed by atoms with Gasteiger partial charge in [0.1, 0.15) is 5.75 Å². The molecule has 0 spiro atoms. The Hall–Kier alpha value is -3.12. The maximum Gasteiger partial charge on any atom is 0.264 e. The first-order valence-electron chi connectivity index (χ1n) is 7.99. The first kappa shape index (κ1) is 16.4. The zero-order chi connectivity index (χ0) is 18.1. The summed E-state index contributed by atoms with van der Waals surface area (Å²) in [6, 6.07) is 14.8. The van der Waals surface area contributed by atoms with Crippen molar-refractivity contribution in [3.05, 3.63) is 59.8 Å². The van der Waals surface area contributed by atoms with Gasteiger partial charge in [0.25, 0.3) is 5.91 Å². The van der Waals surface area contributed by atoms with Crippen LogP contribution in [0.25, 0.3) is 11.3 Å². The molecule has 2 heterocycles. The first-order chi connectivity index (χ1) is 12.6. The van der Waals surface area contributed by atoms with Gasteiger partial charge in [-0.3, -0.25) is 4.79 Å². The number of likely N-dealkylation sites (N-methyl/N-ethyl adjacent to an activating group) is 1. The molecule has 0 aliphatic carbocycles. The van der Waals surface area contributed by atoms with Crippen molar-refractivity contribution in [2.45, 2.75) is 0 Å². The quantitative estimate of drug-likeness (QED) is 0.761. The zero-order valence-electron chi connectivity index (χ0n) is 13.9. The number of fused-ring (bicyclic) bond motifs is 1. The number of aromatic nitrogens is 2. The Bertz CT molecular complexity index is 976. The maximum absolute atomic E-state index is 11.8. The molecule has 2 aromatic carbocycles. The average molecular weight is 367 g/mol. The molecule has 1 aliphatic rings. The normalized spacial score (nSPS) is 13.2. The lowest BCUT2D eigenvalue weighted by Gasteiger charge is -2.26. The lowest BCUT2D eigenvalue weighted by atomic mass is 10.1. The Morgan fingerprint density at radius 2 is 1.96 bits per heavy atom. The number of nitrogens with zero attached hydrogens (tertiary/aromatic N) is 3. The monoisotopic (exact) mass is 366 g/mol. The molecular formula is C19H15ClN4O2. The summed E-state index contributed by atoms with van der Waals surface area (Å²) in [6.07, 6.45) is 1.69. The van der Waals surface area contributed by atoms with Crippen LogP contribution in [-0.2, 0) is 4.79 Å². The third-order valence-corrected chi connectivity index (χ3v) is 4.35. The molecule has 130 valence electrons. The average Bonchev–Trinajstić information content (AvgIpc) is 2.67. The number of anilines is 3. The number of carbonyl (C=O) groups excluding carboxylic acids is 1. The van der Waals surface area contributed by atoms with E-state index >= 15 is 0 Å². The van der Waals surface area contributed by atoms with E-state index in [1.807, 2.05) is 36.4 Å². The van der Waals surface area contributed by atoms with E-state index in [2.05, 4.69) is 15.3 Å². The molecular weight excluding hydrogens is 352 g/mol. The number of amides is 1. The Balaban J connectivity index is 1.64. The predicted octanol–water partition coefficient (Wildman–Crippen LogP) is 3.90. The van der Waals surface area contributed by atoms with Crippen molar-refractivity contribution in [1.29, 1.82) is 0 Å². The van der Waals surface area contributed by atoms with Crippen LogP contribution in [0.3, 0.4) is 0 Å². The molecule has 4 rings (SSSR count). The van der Waals surface area contributed by atoms with E-state index in [4.69, 9.17) is 16.3 Å². The van der Waals surface area contributed by atoms with Crippen LogP contribution in [0.2, 0.25) is 5.02 Å². The van der Waals surface area contributed by atoms with E-state index in [9.17, 15) is 4.79 Å². The van der Waals surface area contributed by atoms with E-state index in [0.717, 1.165) is 22.6 Å². The Morgan fingerprint density at radius 3 is 2.77 bits per heavy atom. The zero-order valence-corrected chi connectivity index (χ0v) is 14.7. The minimum absolute atomic E-state index is 0.0610. The van der Waals surface area contributed by atoms with Crippen LogP contribution in [-0.4, -0.2) is 29.5 Å². The second-order valence-corrected chi connectivity index (χ2v) is 6.26. The summed E-state index contributed by atoms with van der Waals surface area (Å²) in [4.78, 5) is 22.2. The molecule has 1 aromatic heterocycles. The summed E-state index contributed by atoms with van der Waals surface area (Å²) in [5.41, 5.74) is 3.18. The maximum atomic E-state index is 11.8. The molecule has 0 atom stereocenters. The highest BCUT2D eigenvalue weighted by Crippen LogP contribution is 2.35. The third-order valence-electron chi connectivity index (χ3n) is 4.10. The number of halogens is 1. The number of nitrogens with one attached hydrogen (secondary N) is 1. The number of hydrogen-bond acceptors (Lipinski definition) is 5. The third kappa shape index (κ3) is 3.19. The van der Waals surface area contributed by atoms with Crippen LogP contribution in [0.1, 0.15) is 0 Å². The van der Waals surface area contributed by atoms with Crippen molar-refractivity contribution in [3.8, 4) is 17.0 Å². The van der Waals surface area contributed by atoms with Gasteiger partial charge in [0.05, 0.1) is 11.4 Å². The molecule has 0 fully saturated rings. The van der Waals surface area contributed by atoms with Crippen molar-refractivity contribution < 1.29 is 9.53 Å². The fraction of sp³-hybridized carbons (Fsp3) is 0.105. The molecule has 0 saturated heterocycles. The van der Waals surface area contributed by atoms with E-state index in [1.54, 1.807) is 30.3 Å². The summed E-state index contributed by atoms with van der Waals surface area (Å²) >= 11 is 5.90. The number of ether oxygens (including phenoxy) is 1. The fourth-order valence-corrected chi connectivity index (χ4v) is 2.80. The molecule has 26 heavy (non-hydrogen) atoms. The van der Waals surface area contributed by atoms with Gasteiger partial charge in [0.2, 0.25) is 5.95 Å². The van der Waals surface area contributed by atoms with Gasteiger partial charge < -0.3 is 15.0 Å². The van der Waals surface area contributed by atoms with Crippen LogP contribution >= 0.6 is 11.6 Å². The molecule has 1 amide bonds. The first-order valence-corrected chi connectivity index (χ1v) is 8.37. The summed E-state index contributed by atoms with van der Waals surface area (Å²) < 4.78 is 5.46. The number of hydrogen-bond donors (Lipinski definition) is 1. The van der Waals surface area contributed by atoms with E-state index in [1.165, 1.54) is 0 Å². The Kier molecular flexibility index (Phi) is 4.18. The summed E-state index contributed by atoms with van der Waals surface area (Å²) in [7, 11) is 1.74. The molecule has 0 unspecified atom stereocenters. The molecule has 1 aliphatic heterocycles.